The monoisotopic (exact) mass is 353 g/mol. The zero-order chi connectivity index (χ0) is 18.9. The lowest BCUT2D eigenvalue weighted by molar-refractivity contribution is 0.0951. The van der Waals surface area contributed by atoms with Gasteiger partial charge < -0.3 is 16.0 Å². The molecule has 5 heteroatoms. The molecule has 0 spiro atoms. The van der Waals surface area contributed by atoms with Crippen molar-refractivity contribution >= 4 is 11.9 Å². The lowest BCUT2D eigenvalue weighted by Gasteiger charge is -2.13. The lowest BCUT2D eigenvalue weighted by Crippen LogP contribution is -2.39. The summed E-state index contributed by atoms with van der Waals surface area (Å²) >= 11 is 0. The highest BCUT2D eigenvalue weighted by Crippen LogP contribution is 2.13. The van der Waals surface area contributed by atoms with Crippen LogP contribution in [-0.4, -0.2) is 24.5 Å². The van der Waals surface area contributed by atoms with Crippen molar-refractivity contribution in [1.82, 2.24) is 16.0 Å². The first kappa shape index (κ1) is 19.5. The number of urea groups is 1. The van der Waals surface area contributed by atoms with Crippen LogP contribution in [0.15, 0.2) is 54.6 Å². The van der Waals surface area contributed by atoms with Gasteiger partial charge in [0, 0.05) is 24.7 Å². The van der Waals surface area contributed by atoms with Gasteiger partial charge in [-0.1, -0.05) is 49.4 Å². The van der Waals surface area contributed by atoms with Gasteiger partial charge in [-0.05, 0) is 43.0 Å². The molecule has 0 saturated heterocycles. The third-order valence-corrected chi connectivity index (χ3v) is 4.03. The summed E-state index contributed by atoms with van der Waals surface area (Å²) in [5.41, 5.74) is 2.76. The van der Waals surface area contributed by atoms with E-state index in [1.165, 1.54) is 5.56 Å². The fraction of sp³-hybridized carbons (Fsp3) is 0.333. The Kier molecular flexibility index (Phi) is 7.21. The fourth-order valence-corrected chi connectivity index (χ4v) is 2.52. The Bertz CT molecular complexity index is 712. The molecule has 26 heavy (non-hydrogen) atoms. The van der Waals surface area contributed by atoms with Gasteiger partial charge in [0.05, 0.1) is 0 Å². The largest absolute Gasteiger partial charge is 0.351 e. The van der Waals surface area contributed by atoms with Gasteiger partial charge in [0.15, 0.2) is 0 Å². The van der Waals surface area contributed by atoms with E-state index in [-0.39, 0.29) is 23.9 Å². The highest BCUT2D eigenvalue weighted by molar-refractivity contribution is 5.94. The normalized spacial score (nSPS) is 11.7. The summed E-state index contributed by atoms with van der Waals surface area (Å²) < 4.78 is 0. The Morgan fingerprint density at radius 1 is 0.885 bits per heavy atom. The van der Waals surface area contributed by atoms with E-state index in [2.05, 4.69) is 35.0 Å². The van der Waals surface area contributed by atoms with Crippen molar-refractivity contribution in [2.24, 2.45) is 0 Å². The molecule has 0 fully saturated rings. The van der Waals surface area contributed by atoms with E-state index in [4.69, 9.17) is 0 Å². The van der Waals surface area contributed by atoms with Crippen LogP contribution in [0.5, 0.6) is 0 Å². The van der Waals surface area contributed by atoms with Crippen molar-refractivity contribution in [3.05, 3.63) is 71.3 Å². The van der Waals surface area contributed by atoms with Crippen molar-refractivity contribution in [1.29, 1.82) is 0 Å². The number of carbonyl (C=O) groups is 2. The molecule has 2 aromatic carbocycles. The Balaban J connectivity index is 1.81. The molecule has 0 aliphatic heterocycles. The topological polar surface area (TPSA) is 70.2 Å². The first-order valence-electron chi connectivity index (χ1n) is 8.92. The summed E-state index contributed by atoms with van der Waals surface area (Å²) in [6.07, 6.45) is 0. The van der Waals surface area contributed by atoms with Crippen molar-refractivity contribution in [3.63, 3.8) is 0 Å². The summed E-state index contributed by atoms with van der Waals surface area (Å²) in [7, 11) is 0. The number of benzene rings is 2. The second-order valence-corrected chi connectivity index (χ2v) is 6.70. The van der Waals surface area contributed by atoms with E-state index >= 15 is 0 Å². The predicted molar refractivity (Wildman–Crippen MR) is 104 cm³/mol. The van der Waals surface area contributed by atoms with E-state index in [0.29, 0.717) is 18.7 Å². The van der Waals surface area contributed by atoms with Crippen molar-refractivity contribution in [2.75, 3.05) is 6.54 Å². The summed E-state index contributed by atoms with van der Waals surface area (Å²) in [4.78, 5) is 23.9. The predicted octanol–water partition coefficient (Wildman–Crippen LogP) is 3.43. The molecule has 3 amide bonds. The molecule has 0 aliphatic carbocycles. The number of amides is 3. The van der Waals surface area contributed by atoms with Crippen LogP contribution in [0.25, 0.3) is 0 Å². The molecule has 5 nitrogen and oxygen atoms in total. The van der Waals surface area contributed by atoms with Crippen LogP contribution in [0.3, 0.4) is 0 Å². The van der Waals surface area contributed by atoms with Gasteiger partial charge in [-0.25, -0.2) is 4.79 Å². The standard InChI is InChI=1S/C21H27N3O2/c1-15(2)24-21(26)23-14-17-9-11-19(12-10-17)20(25)22-13-16(3)18-7-5-4-6-8-18/h4-12,15-16H,13-14H2,1-3H3,(H,22,25)(H2,23,24,26)/t16-/m1/s1. The first-order chi connectivity index (χ1) is 12.5. The maximum atomic E-state index is 12.3. The van der Waals surface area contributed by atoms with Crippen LogP contribution in [0.4, 0.5) is 4.79 Å². The molecule has 0 unspecified atom stereocenters. The molecule has 0 bridgehead atoms. The van der Waals surface area contributed by atoms with Crippen molar-refractivity contribution in [3.8, 4) is 0 Å². The average molecular weight is 353 g/mol. The quantitative estimate of drug-likeness (QED) is 0.714. The number of nitrogens with one attached hydrogen (secondary N) is 3. The lowest BCUT2D eigenvalue weighted by atomic mass is 10.0. The molecule has 0 heterocycles. The highest BCUT2D eigenvalue weighted by atomic mass is 16.2. The Hall–Kier alpha value is -2.82. The molecule has 2 rings (SSSR count). The fourth-order valence-electron chi connectivity index (χ4n) is 2.52. The summed E-state index contributed by atoms with van der Waals surface area (Å²) in [6.45, 7) is 6.91. The molecule has 0 saturated carbocycles. The van der Waals surface area contributed by atoms with Gasteiger partial charge in [-0.2, -0.15) is 0 Å². The number of carbonyl (C=O) groups excluding carboxylic acids is 2. The van der Waals surface area contributed by atoms with Gasteiger partial charge in [-0.15, -0.1) is 0 Å². The van der Waals surface area contributed by atoms with E-state index in [0.717, 1.165) is 5.56 Å². The zero-order valence-corrected chi connectivity index (χ0v) is 15.6. The first-order valence-corrected chi connectivity index (χ1v) is 8.92. The Morgan fingerprint density at radius 3 is 2.15 bits per heavy atom. The maximum Gasteiger partial charge on any atom is 0.315 e. The van der Waals surface area contributed by atoms with Gasteiger partial charge in [0.1, 0.15) is 0 Å². The van der Waals surface area contributed by atoms with E-state index in [1.54, 1.807) is 12.1 Å². The minimum absolute atomic E-state index is 0.0927. The summed E-state index contributed by atoms with van der Waals surface area (Å²) in [6, 6.07) is 17.3. The van der Waals surface area contributed by atoms with Gasteiger partial charge >= 0.3 is 6.03 Å². The zero-order valence-electron chi connectivity index (χ0n) is 15.6. The van der Waals surface area contributed by atoms with Gasteiger partial charge in [0.2, 0.25) is 0 Å². The minimum Gasteiger partial charge on any atom is -0.351 e. The third kappa shape index (κ3) is 6.24. The molecule has 0 aliphatic rings. The maximum absolute atomic E-state index is 12.3. The molecule has 2 aromatic rings. The molecular weight excluding hydrogens is 326 g/mol. The SMILES string of the molecule is CC(C)NC(=O)NCc1ccc(C(=O)NC[C@@H](C)c2ccccc2)cc1. The van der Waals surface area contributed by atoms with Crippen molar-refractivity contribution < 1.29 is 9.59 Å². The minimum atomic E-state index is -0.197. The highest BCUT2D eigenvalue weighted by Gasteiger charge is 2.09. The van der Waals surface area contributed by atoms with E-state index in [9.17, 15) is 9.59 Å². The molecule has 3 N–H and O–H groups in total. The molecular formula is C21H27N3O2. The van der Waals surface area contributed by atoms with Crippen LogP contribution < -0.4 is 16.0 Å². The van der Waals surface area contributed by atoms with Crippen LogP contribution in [0.2, 0.25) is 0 Å². The van der Waals surface area contributed by atoms with Crippen LogP contribution in [0.1, 0.15) is 48.2 Å². The Morgan fingerprint density at radius 2 is 1.54 bits per heavy atom. The molecule has 0 aromatic heterocycles. The number of rotatable bonds is 7. The summed E-state index contributed by atoms with van der Waals surface area (Å²) in [5, 5.41) is 8.53. The van der Waals surface area contributed by atoms with Gasteiger partial charge in [-0.3, -0.25) is 4.79 Å². The van der Waals surface area contributed by atoms with Crippen LogP contribution >= 0.6 is 0 Å². The van der Waals surface area contributed by atoms with Crippen LogP contribution in [-0.2, 0) is 6.54 Å². The van der Waals surface area contributed by atoms with Gasteiger partial charge in [0.25, 0.3) is 5.91 Å². The second kappa shape index (κ2) is 9.61. The van der Waals surface area contributed by atoms with Crippen molar-refractivity contribution in [2.45, 2.75) is 39.3 Å². The van der Waals surface area contributed by atoms with E-state index < -0.39 is 0 Å². The smallest absolute Gasteiger partial charge is 0.315 e. The molecule has 0 radical (unpaired) electrons. The Labute approximate surface area is 155 Å². The van der Waals surface area contributed by atoms with E-state index in [1.807, 2.05) is 44.2 Å². The number of hydrogen-bond acceptors (Lipinski definition) is 2. The molecule has 1 atom stereocenters. The molecule has 138 valence electrons. The second-order valence-electron chi connectivity index (χ2n) is 6.70. The van der Waals surface area contributed by atoms with Crippen LogP contribution in [0, 0.1) is 0 Å². The third-order valence-electron chi connectivity index (χ3n) is 4.03. The summed E-state index contributed by atoms with van der Waals surface area (Å²) in [5.74, 6) is 0.160. The number of hydrogen-bond donors (Lipinski definition) is 3. The average Bonchev–Trinajstić information content (AvgIpc) is 2.64.